The van der Waals surface area contributed by atoms with Crippen molar-refractivity contribution >= 4 is 17.7 Å². The van der Waals surface area contributed by atoms with Crippen molar-refractivity contribution in [3.63, 3.8) is 0 Å². The fourth-order valence-electron chi connectivity index (χ4n) is 2.00. The van der Waals surface area contributed by atoms with Gasteiger partial charge < -0.3 is 15.0 Å². The van der Waals surface area contributed by atoms with Crippen LogP contribution in [0.25, 0.3) is 0 Å². The standard InChI is InChI=1S/C17H20N2O3S/c20-14(13-19-10-5-4-8-17(19)22)12-18-16(21)9-11-23-15-6-2-1-3-7-15/h1-8,10,14,20H,9,11-13H2,(H,18,21)/t14-/m0/s1. The van der Waals surface area contributed by atoms with Crippen molar-refractivity contribution in [1.29, 1.82) is 0 Å². The van der Waals surface area contributed by atoms with Crippen LogP contribution in [0.1, 0.15) is 6.42 Å². The molecule has 0 saturated heterocycles. The van der Waals surface area contributed by atoms with Gasteiger partial charge in [-0.2, -0.15) is 0 Å². The van der Waals surface area contributed by atoms with Crippen LogP contribution in [0.4, 0.5) is 0 Å². The van der Waals surface area contributed by atoms with Gasteiger partial charge in [-0.1, -0.05) is 24.3 Å². The highest BCUT2D eigenvalue weighted by Gasteiger charge is 2.08. The highest BCUT2D eigenvalue weighted by atomic mass is 32.2. The summed E-state index contributed by atoms with van der Waals surface area (Å²) in [7, 11) is 0. The SMILES string of the molecule is O=C(CCSc1ccccc1)NC[C@H](O)Cn1ccccc1=O. The summed E-state index contributed by atoms with van der Waals surface area (Å²) in [5, 5.41) is 12.6. The molecule has 0 radical (unpaired) electrons. The van der Waals surface area contributed by atoms with Crippen LogP contribution in [0, 0.1) is 0 Å². The predicted octanol–water partition coefficient (Wildman–Crippen LogP) is 1.51. The Balaban J connectivity index is 1.66. The van der Waals surface area contributed by atoms with Crippen LogP contribution in [0.5, 0.6) is 0 Å². The highest BCUT2D eigenvalue weighted by Crippen LogP contribution is 2.17. The lowest BCUT2D eigenvalue weighted by atomic mass is 10.3. The lowest BCUT2D eigenvalue weighted by molar-refractivity contribution is -0.121. The third-order valence-electron chi connectivity index (χ3n) is 3.18. The molecule has 2 N–H and O–H groups in total. The third-order valence-corrected chi connectivity index (χ3v) is 4.20. The fourth-order valence-corrected chi connectivity index (χ4v) is 2.87. The first-order valence-corrected chi connectivity index (χ1v) is 8.42. The van der Waals surface area contributed by atoms with E-state index in [9.17, 15) is 14.7 Å². The zero-order valence-electron chi connectivity index (χ0n) is 12.7. The Morgan fingerprint density at radius 3 is 2.65 bits per heavy atom. The van der Waals surface area contributed by atoms with Gasteiger partial charge in [-0.25, -0.2) is 0 Å². The van der Waals surface area contributed by atoms with Gasteiger partial charge in [-0.15, -0.1) is 11.8 Å². The summed E-state index contributed by atoms with van der Waals surface area (Å²) in [6.45, 7) is 0.300. The first-order chi connectivity index (χ1) is 11.1. The van der Waals surface area contributed by atoms with Gasteiger partial charge >= 0.3 is 0 Å². The number of aliphatic hydroxyl groups excluding tert-OH is 1. The van der Waals surface area contributed by atoms with Crippen molar-refractivity contribution in [1.82, 2.24) is 9.88 Å². The molecular formula is C17H20N2O3S. The molecule has 1 heterocycles. The Morgan fingerprint density at radius 2 is 1.91 bits per heavy atom. The number of amides is 1. The van der Waals surface area contributed by atoms with Gasteiger partial charge in [0.2, 0.25) is 5.91 Å². The summed E-state index contributed by atoms with van der Waals surface area (Å²) in [5.74, 6) is 0.581. The molecule has 6 heteroatoms. The average molecular weight is 332 g/mol. The number of nitrogens with zero attached hydrogens (tertiary/aromatic N) is 1. The second-order valence-corrected chi connectivity index (χ2v) is 6.23. The Morgan fingerprint density at radius 1 is 1.17 bits per heavy atom. The van der Waals surface area contributed by atoms with Crippen LogP contribution in [0.3, 0.4) is 0 Å². The molecule has 2 aromatic rings. The van der Waals surface area contributed by atoms with E-state index in [1.807, 2.05) is 30.3 Å². The summed E-state index contributed by atoms with van der Waals surface area (Å²) < 4.78 is 1.42. The van der Waals surface area contributed by atoms with E-state index in [1.54, 1.807) is 30.1 Å². The fraction of sp³-hybridized carbons (Fsp3) is 0.294. The zero-order valence-corrected chi connectivity index (χ0v) is 13.5. The second-order valence-electron chi connectivity index (χ2n) is 5.06. The van der Waals surface area contributed by atoms with E-state index < -0.39 is 6.10 Å². The Labute approximate surface area is 139 Å². The summed E-state index contributed by atoms with van der Waals surface area (Å²) in [6, 6.07) is 14.7. The first kappa shape index (κ1) is 17.3. The van der Waals surface area contributed by atoms with E-state index >= 15 is 0 Å². The molecule has 1 atom stereocenters. The van der Waals surface area contributed by atoms with Crippen LogP contribution in [0.15, 0.2) is 64.4 Å². The number of aliphatic hydroxyl groups is 1. The molecule has 0 aliphatic heterocycles. The molecule has 0 aliphatic carbocycles. The van der Waals surface area contributed by atoms with E-state index in [2.05, 4.69) is 5.32 Å². The maximum absolute atomic E-state index is 11.8. The Hall–Kier alpha value is -2.05. The molecular weight excluding hydrogens is 312 g/mol. The molecule has 0 bridgehead atoms. The van der Waals surface area contributed by atoms with Crippen molar-refractivity contribution in [3.8, 4) is 0 Å². The third kappa shape index (κ3) is 6.30. The number of carbonyl (C=O) groups excluding carboxylic acids is 1. The van der Waals surface area contributed by atoms with Gasteiger partial charge in [0, 0.05) is 35.9 Å². The van der Waals surface area contributed by atoms with Crippen molar-refractivity contribution in [2.24, 2.45) is 0 Å². The molecule has 1 aromatic carbocycles. The van der Waals surface area contributed by atoms with Gasteiger partial charge in [0.05, 0.1) is 12.6 Å². The topological polar surface area (TPSA) is 71.3 Å². The molecule has 2 rings (SSSR count). The van der Waals surface area contributed by atoms with Crippen LogP contribution < -0.4 is 10.9 Å². The normalized spacial score (nSPS) is 11.9. The Bertz CT molecular complexity index is 673. The van der Waals surface area contributed by atoms with E-state index in [0.717, 1.165) is 4.90 Å². The number of nitrogens with one attached hydrogen (secondary N) is 1. The Kier molecular flexibility index (Phi) is 6.90. The zero-order chi connectivity index (χ0) is 16.5. The number of benzene rings is 1. The molecule has 23 heavy (non-hydrogen) atoms. The number of hydrogen-bond donors (Lipinski definition) is 2. The molecule has 122 valence electrons. The van der Waals surface area contributed by atoms with Crippen molar-refractivity contribution < 1.29 is 9.90 Å². The lowest BCUT2D eigenvalue weighted by Crippen LogP contribution is -2.36. The van der Waals surface area contributed by atoms with E-state index in [4.69, 9.17) is 0 Å². The quantitative estimate of drug-likeness (QED) is 0.719. The number of rotatable bonds is 8. The van der Waals surface area contributed by atoms with Crippen molar-refractivity contribution in [2.75, 3.05) is 12.3 Å². The van der Waals surface area contributed by atoms with Crippen LogP contribution >= 0.6 is 11.8 Å². The number of pyridine rings is 1. The molecule has 0 fully saturated rings. The molecule has 0 unspecified atom stereocenters. The van der Waals surface area contributed by atoms with Crippen molar-refractivity contribution in [2.45, 2.75) is 24.0 Å². The van der Waals surface area contributed by atoms with E-state index in [0.29, 0.717) is 12.2 Å². The highest BCUT2D eigenvalue weighted by molar-refractivity contribution is 7.99. The molecule has 1 aromatic heterocycles. The smallest absolute Gasteiger partial charge is 0.250 e. The molecule has 1 amide bonds. The molecule has 5 nitrogen and oxygen atoms in total. The lowest BCUT2D eigenvalue weighted by Gasteiger charge is -2.13. The van der Waals surface area contributed by atoms with E-state index in [1.165, 1.54) is 10.6 Å². The van der Waals surface area contributed by atoms with Crippen LogP contribution in [0.2, 0.25) is 0 Å². The van der Waals surface area contributed by atoms with Crippen LogP contribution in [-0.4, -0.2) is 34.0 Å². The predicted molar refractivity (Wildman–Crippen MR) is 91.5 cm³/mol. The second kappa shape index (κ2) is 9.17. The number of carbonyl (C=O) groups is 1. The van der Waals surface area contributed by atoms with Gasteiger partial charge in [0.25, 0.3) is 5.56 Å². The van der Waals surface area contributed by atoms with E-state index in [-0.39, 0.29) is 24.6 Å². The number of hydrogen-bond acceptors (Lipinski definition) is 4. The summed E-state index contributed by atoms with van der Waals surface area (Å²) in [6.07, 6.45) is 1.21. The maximum Gasteiger partial charge on any atom is 0.250 e. The minimum atomic E-state index is -0.791. The van der Waals surface area contributed by atoms with Gasteiger partial charge in [-0.3, -0.25) is 9.59 Å². The van der Waals surface area contributed by atoms with Crippen molar-refractivity contribution in [3.05, 3.63) is 65.1 Å². The minimum Gasteiger partial charge on any atom is -0.389 e. The number of thioether (sulfide) groups is 1. The monoisotopic (exact) mass is 332 g/mol. The minimum absolute atomic E-state index is 0.104. The first-order valence-electron chi connectivity index (χ1n) is 7.43. The van der Waals surface area contributed by atoms with Crippen LogP contribution in [-0.2, 0) is 11.3 Å². The molecule has 0 saturated carbocycles. The summed E-state index contributed by atoms with van der Waals surface area (Å²) in [5.41, 5.74) is -0.169. The maximum atomic E-state index is 11.8. The number of aromatic nitrogens is 1. The summed E-state index contributed by atoms with van der Waals surface area (Å²) in [4.78, 5) is 24.4. The molecule has 0 spiro atoms. The van der Waals surface area contributed by atoms with Gasteiger partial charge in [0.1, 0.15) is 0 Å². The summed E-state index contributed by atoms with van der Waals surface area (Å²) >= 11 is 1.62. The van der Waals surface area contributed by atoms with Gasteiger partial charge in [-0.05, 0) is 18.2 Å². The molecule has 0 aliphatic rings. The van der Waals surface area contributed by atoms with Gasteiger partial charge in [0.15, 0.2) is 0 Å². The largest absolute Gasteiger partial charge is 0.389 e. The average Bonchev–Trinajstić information content (AvgIpc) is 2.56.